The third kappa shape index (κ3) is 1.34. The molecule has 2 heterocycles. The van der Waals surface area contributed by atoms with Crippen LogP contribution in [0.2, 0.25) is 0 Å². The highest BCUT2D eigenvalue weighted by molar-refractivity contribution is 7.89. The molecule has 1 saturated heterocycles. The lowest BCUT2D eigenvalue weighted by molar-refractivity contribution is 0.217. The van der Waals surface area contributed by atoms with Gasteiger partial charge in [0, 0.05) is 25.8 Å². The van der Waals surface area contributed by atoms with Crippen LogP contribution in [0.1, 0.15) is 13.3 Å². The maximum absolute atomic E-state index is 11.9. The van der Waals surface area contributed by atoms with Crippen molar-refractivity contribution in [2.24, 2.45) is 7.05 Å². The first-order valence-corrected chi connectivity index (χ1v) is 5.95. The number of hydrogen-bond acceptors (Lipinski definition) is 3. The van der Waals surface area contributed by atoms with E-state index in [1.807, 2.05) is 6.92 Å². The fraction of sp³-hybridized carbons (Fsp3) is 0.625. The number of rotatable bonds is 2. The molecule has 0 saturated carbocycles. The average Bonchev–Trinajstić information content (AvgIpc) is 2.49. The molecule has 0 bridgehead atoms. The summed E-state index contributed by atoms with van der Waals surface area (Å²) < 4.78 is 26.9. The van der Waals surface area contributed by atoms with Gasteiger partial charge in [-0.25, -0.2) is 13.4 Å². The summed E-state index contributed by atoms with van der Waals surface area (Å²) >= 11 is 0. The highest BCUT2D eigenvalue weighted by Crippen LogP contribution is 2.25. The zero-order valence-electron chi connectivity index (χ0n) is 8.21. The molecule has 0 spiro atoms. The van der Waals surface area contributed by atoms with Crippen molar-refractivity contribution in [1.82, 2.24) is 13.9 Å². The molecule has 1 atom stereocenters. The van der Waals surface area contributed by atoms with Crippen LogP contribution >= 0.6 is 0 Å². The van der Waals surface area contributed by atoms with E-state index < -0.39 is 10.0 Å². The van der Waals surface area contributed by atoms with Crippen molar-refractivity contribution in [2.75, 3.05) is 6.54 Å². The quantitative estimate of drug-likeness (QED) is 0.708. The Balaban J connectivity index is 2.33. The first-order valence-electron chi connectivity index (χ1n) is 4.51. The van der Waals surface area contributed by atoms with Gasteiger partial charge in [0.25, 0.3) is 10.0 Å². The lowest BCUT2D eigenvalue weighted by Crippen LogP contribution is -2.49. The second kappa shape index (κ2) is 3.06. The Bertz CT molecular complexity index is 437. The van der Waals surface area contributed by atoms with Crippen LogP contribution in [-0.2, 0) is 17.1 Å². The molecule has 0 N–H and O–H groups in total. The van der Waals surface area contributed by atoms with E-state index in [1.54, 1.807) is 11.6 Å². The smallest absolute Gasteiger partial charge is 0.262 e. The van der Waals surface area contributed by atoms with Crippen LogP contribution in [0.25, 0.3) is 0 Å². The summed E-state index contributed by atoms with van der Waals surface area (Å²) in [6.07, 6.45) is 3.96. The van der Waals surface area contributed by atoms with E-state index in [0.717, 1.165) is 6.42 Å². The molecule has 78 valence electrons. The minimum atomic E-state index is -3.33. The van der Waals surface area contributed by atoms with Crippen molar-refractivity contribution in [3.05, 3.63) is 12.5 Å². The van der Waals surface area contributed by atoms with Crippen LogP contribution in [0, 0.1) is 0 Å². The Kier molecular flexibility index (Phi) is 2.11. The number of nitrogens with zero attached hydrogens (tertiary/aromatic N) is 3. The van der Waals surface area contributed by atoms with Gasteiger partial charge in [-0.3, -0.25) is 0 Å². The van der Waals surface area contributed by atoms with E-state index >= 15 is 0 Å². The van der Waals surface area contributed by atoms with Gasteiger partial charge in [0.15, 0.2) is 5.03 Å². The van der Waals surface area contributed by atoms with Gasteiger partial charge in [0.2, 0.25) is 0 Å². The van der Waals surface area contributed by atoms with Gasteiger partial charge < -0.3 is 4.57 Å². The predicted molar refractivity (Wildman–Crippen MR) is 51.2 cm³/mol. The molecule has 0 aromatic carbocycles. The second-order valence-corrected chi connectivity index (χ2v) is 5.47. The second-order valence-electron chi connectivity index (χ2n) is 3.63. The molecule has 1 aliphatic rings. The highest BCUT2D eigenvalue weighted by atomic mass is 32.2. The zero-order chi connectivity index (χ0) is 10.3. The van der Waals surface area contributed by atoms with E-state index in [0.29, 0.717) is 6.54 Å². The van der Waals surface area contributed by atoms with Crippen molar-refractivity contribution in [3.8, 4) is 0 Å². The number of aryl methyl sites for hydroxylation is 1. The molecule has 14 heavy (non-hydrogen) atoms. The van der Waals surface area contributed by atoms with Gasteiger partial charge in [0.1, 0.15) is 0 Å². The van der Waals surface area contributed by atoms with E-state index in [2.05, 4.69) is 4.98 Å². The van der Waals surface area contributed by atoms with Crippen molar-refractivity contribution >= 4 is 10.0 Å². The van der Waals surface area contributed by atoms with Gasteiger partial charge in [-0.15, -0.1) is 0 Å². The third-order valence-electron chi connectivity index (χ3n) is 2.51. The molecule has 2 rings (SSSR count). The standard InChI is InChI=1S/C8H13N3O2S/c1-7-3-4-11(7)14(12,13)8-5-10(2)6-9-8/h5-7H,3-4H2,1-2H3. The predicted octanol–water partition coefficient (Wildman–Crippen LogP) is 0.203. The Morgan fingerprint density at radius 2 is 2.29 bits per heavy atom. The summed E-state index contributed by atoms with van der Waals surface area (Å²) in [5, 5.41) is 0.145. The lowest BCUT2D eigenvalue weighted by atomic mass is 10.1. The summed E-state index contributed by atoms with van der Waals surface area (Å²) in [6.45, 7) is 2.52. The Hall–Kier alpha value is -0.880. The Morgan fingerprint density at radius 1 is 1.57 bits per heavy atom. The molecule has 6 heteroatoms. The molecule has 1 fully saturated rings. The van der Waals surface area contributed by atoms with Crippen LogP contribution < -0.4 is 0 Å². The van der Waals surface area contributed by atoms with E-state index in [4.69, 9.17) is 0 Å². The number of hydrogen-bond donors (Lipinski definition) is 0. The minimum absolute atomic E-state index is 0.113. The first kappa shape index (κ1) is 9.67. The highest BCUT2D eigenvalue weighted by Gasteiger charge is 2.36. The molecule has 5 nitrogen and oxygen atoms in total. The van der Waals surface area contributed by atoms with Crippen LogP contribution in [0.4, 0.5) is 0 Å². The summed E-state index contributed by atoms with van der Waals surface area (Å²) in [4.78, 5) is 3.86. The SMILES string of the molecule is CC1CCN1S(=O)(=O)c1cn(C)cn1. The maximum atomic E-state index is 11.9. The number of imidazole rings is 1. The molecule has 1 aliphatic heterocycles. The molecule has 0 amide bonds. The van der Waals surface area contributed by atoms with Gasteiger partial charge >= 0.3 is 0 Å². The minimum Gasteiger partial charge on any atom is -0.339 e. The first-order chi connectivity index (χ1) is 6.51. The number of aromatic nitrogens is 2. The summed E-state index contributed by atoms with van der Waals surface area (Å²) in [5.41, 5.74) is 0. The molecular formula is C8H13N3O2S. The number of sulfonamides is 1. The molecule has 1 aromatic heterocycles. The summed E-state index contributed by atoms with van der Waals surface area (Å²) in [6, 6.07) is 0.113. The van der Waals surface area contributed by atoms with E-state index in [9.17, 15) is 8.42 Å². The zero-order valence-corrected chi connectivity index (χ0v) is 9.03. The molecule has 0 aliphatic carbocycles. The van der Waals surface area contributed by atoms with Gasteiger partial charge in [0.05, 0.1) is 6.33 Å². The lowest BCUT2D eigenvalue weighted by Gasteiger charge is -2.36. The van der Waals surface area contributed by atoms with Crippen molar-refractivity contribution in [1.29, 1.82) is 0 Å². The van der Waals surface area contributed by atoms with Crippen LogP contribution in [-0.4, -0.2) is 34.9 Å². The monoisotopic (exact) mass is 215 g/mol. The summed E-state index contributed by atoms with van der Waals surface area (Å²) in [5.74, 6) is 0. The fourth-order valence-electron chi connectivity index (χ4n) is 1.49. The van der Waals surface area contributed by atoms with Crippen LogP contribution in [0.15, 0.2) is 17.6 Å². The maximum Gasteiger partial charge on any atom is 0.262 e. The van der Waals surface area contributed by atoms with Crippen LogP contribution in [0.5, 0.6) is 0 Å². The molecule has 1 unspecified atom stereocenters. The summed E-state index contributed by atoms with van der Waals surface area (Å²) in [7, 11) is -1.57. The molecule has 1 aromatic rings. The Labute approximate surface area is 83.4 Å². The van der Waals surface area contributed by atoms with Gasteiger partial charge in [-0.05, 0) is 13.3 Å². The van der Waals surface area contributed by atoms with Crippen molar-refractivity contribution in [3.63, 3.8) is 0 Å². The van der Waals surface area contributed by atoms with Crippen molar-refractivity contribution in [2.45, 2.75) is 24.4 Å². The topological polar surface area (TPSA) is 55.2 Å². The largest absolute Gasteiger partial charge is 0.339 e. The van der Waals surface area contributed by atoms with Crippen LogP contribution in [0.3, 0.4) is 0 Å². The van der Waals surface area contributed by atoms with E-state index in [1.165, 1.54) is 16.8 Å². The normalized spacial score (nSPS) is 23.4. The third-order valence-corrected chi connectivity index (χ3v) is 4.41. The molecule has 0 radical (unpaired) electrons. The van der Waals surface area contributed by atoms with Crippen molar-refractivity contribution < 1.29 is 8.42 Å². The Morgan fingerprint density at radius 3 is 2.64 bits per heavy atom. The molecular weight excluding hydrogens is 202 g/mol. The van der Waals surface area contributed by atoms with E-state index in [-0.39, 0.29) is 11.1 Å². The average molecular weight is 215 g/mol. The van der Waals surface area contributed by atoms with Gasteiger partial charge in [-0.2, -0.15) is 4.31 Å². The van der Waals surface area contributed by atoms with Gasteiger partial charge in [-0.1, -0.05) is 0 Å². The fourth-order valence-corrected chi connectivity index (χ4v) is 3.14.